The van der Waals surface area contributed by atoms with E-state index in [0.29, 0.717) is 16.8 Å². The molecular formula is C26H29ClN4O. The van der Waals surface area contributed by atoms with Crippen molar-refractivity contribution in [2.75, 3.05) is 31.6 Å². The first-order chi connectivity index (χ1) is 15.6. The first-order valence-corrected chi connectivity index (χ1v) is 11.7. The van der Waals surface area contributed by atoms with E-state index in [1.807, 2.05) is 12.1 Å². The molecular weight excluding hydrogens is 420 g/mol. The van der Waals surface area contributed by atoms with E-state index in [-0.39, 0.29) is 0 Å². The summed E-state index contributed by atoms with van der Waals surface area (Å²) < 4.78 is 7.41. The normalized spacial score (nSPS) is 18.4. The molecule has 2 aromatic heterocycles. The van der Waals surface area contributed by atoms with Gasteiger partial charge in [-0.2, -0.15) is 0 Å². The highest BCUT2D eigenvalue weighted by Crippen LogP contribution is 2.33. The summed E-state index contributed by atoms with van der Waals surface area (Å²) in [6.45, 7) is 5.10. The second-order valence-electron chi connectivity index (χ2n) is 8.65. The first kappa shape index (κ1) is 21.1. The van der Waals surface area contributed by atoms with Gasteiger partial charge in [-0.25, -0.2) is 4.98 Å². The predicted molar refractivity (Wildman–Crippen MR) is 132 cm³/mol. The highest BCUT2D eigenvalue weighted by atomic mass is 35.5. The van der Waals surface area contributed by atoms with E-state index in [4.69, 9.17) is 21.3 Å². The molecule has 1 N–H and O–H groups in total. The molecule has 5 rings (SSSR count). The van der Waals surface area contributed by atoms with E-state index in [1.165, 1.54) is 24.1 Å². The minimum atomic E-state index is 0.516. The summed E-state index contributed by atoms with van der Waals surface area (Å²) in [5, 5.41) is 4.33. The van der Waals surface area contributed by atoms with Crippen LogP contribution in [0.4, 0.5) is 5.69 Å². The van der Waals surface area contributed by atoms with Crippen molar-refractivity contribution >= 4 is 22.9 Å². The average Bonchev–Trinajstić information content (AvgIpc) is 3.46. The Morgan fingerprint density at radius 3 is 2.97 bits per heavy atom. The molecule has 2 aliphatic rings. The van der Waals surface area contributed by atoms with E-state index < -0.39 is 0 Å². The van der Waals surface area contributed by atoms with Crippen LogP contribution in [0.3, 0.4) is 0 Å². The van der Waals surface area contributed by atoms with Crippen LogP contribution < -0.4 is 15.0 Å². The number of nitrogens with one attached hydrogen (secondary N) is 1. The summed E-state index contributed by atoms with van der Waals surface area (Å²) in [6.07, 6.45) is 14.5. The van der Waals surface area contributed by atoms with Crippen molar-refractivity contribution in [3.05, 3.63) is 71.0 Å². The van der Waals surface area contributed by atoms with Crippen molar-refractivity contribution in [3.63, 3.8) is 0 Å². The van der Waals surface area contributed by atoms with Crippen LogP contribution in [0.2, 0.25) is 5.02 Å². The van der Waals surface area contributed by atoms with Gasteiger partial charge in [-0.3, -0.25) is 0 Å². The number of ether oxygens (including phenoxy) is 1. The van der Waals surface area contributed by atoms with E-state index in [0.717, 1.165) is 48.5 Å². The van der Waals surface area contributed by atoms with Gasteiger partial charge in [-0.05, 0) is 55.5 Å². The number of anilines is 1. The highest BCUT2D eigenvalue weighted by molar-refractivity contribution is 6.32. The number of methoxy groups -OCH3 is 1. The molecule has 3 aromatic rings. The number of imidazole rings is 1. The van der Waals surface area contributed by atoms with Crippen LogP contribution in [-0.4, -0.2) is 42.2 Å². The molecule has 0 saturated carbocycles. The molecule has 1 atom stereocenters. The molecule has 0 radical (unpaired) electrons. The Bertz CT molecular complexity index is 1200. The number of pyridine rings is 1. The molecule has 6 heteroatoms. The van der Waals surface area contributed by atoms with Crippen molar-refractivity contribution < 1.29 is 4.74 Å². The third kappa shape index (κ3) is 4.27. The van der Waals surface area contributed by atoms with Crippen LogP contribution in [0.5, 0.6) is 5.75 Å². The molecule has 3 heterocycles. The standard InChI is InChI=1S/C26H29ClN4O/c1-18-12-25(32-2)23(27)14-22(18)24-17-31-11-9-21(13-26(31)29-24)30-10-8-20(16-30)28-15-19-6-4-3-5-7-19/h4,6-7,9,11-14,17,20,28H,3,5,8,10,15-16H2,1-2H3. The number of hydrogen-bond donors (Lipinski definition) is 1. The smallest absolute Gasteiger partial charge is 0.139 e. The summed E-state index contributed by atoms with van der Waals surface area (Å²) >= 11 is 6.37. The molecule has 5 nitrogen and oxygen atoms in total. The first-order valence-electron chi connectivity index (χ1n) is 11.3. The number of allylic oxidation sites excluding steroid dienone is 2. The van der Waals surface area contributed by atoms with Crippen LogP contribution in [-0.2, 0) is 0 Å². The number of hydrogen-bond acceptors (Lipinski definition) is 4. The number of aromatic nitrogens is 2. The van der Waals surface area contributed by atoms with Gasteiger partial charge in [0.1, 0.15) is 11.4 Å². The van der Waals surface area contributed by atoms with Crippen molar-refractivity contribution in [2.45, 2.75) is 32.2 Å². The van der Waals surface area contributed by atoms with Gasteiger partial charge in [-0.1, -0.05) is 29.8 Å². The lowest BCUT2D eigenvalue weighted by Crippen LogP contribution is -2.33. The molecule has 1 saturated heterocycles. The molecule has 1 fully saturated rings. The maximum absolute atomic E-state index is 6.37. The Labute approximate surface area is 194 Å². The Hall–Kier alpha value is -2.76. The summed E-state index contributed by atoms with van der Waals surface area (Å²) in [4.78, 5) is 7.35. The van der Waals surface area contributed by atoms with Crippen LogP contribution in [0, 0.1) is 6.92 Å². The topological polar surface area (TPSA) is 41.8 Å². The van der Waals surface area contributed by atoms with Gasteiger partial charge < -0.3 is 19.4 Å². The minimum Gasteiger partial charge on any atom is -0.495 e. The van der Waals surface area contributed by atoms with Gasteiger partial charge >= 0.3 is 0 Å². The van der Waals surface area contributed by atoms with Gasteiger partial charge in [-0.15, -0.1) is 0 Å². The number of nitrogens with zero attached hydrogens (tertiary/aromatic N) is 3. The lowest BCUT2D eigenvalue weighted by Gasteiger charge is -2.19. The summed E-state index contributed by atoms with van der Waals surface area (Å²) in [5.74, 6) is 0.687. The predicted octanol–water partition coefficient (Wildman–Crippen LogP) is 5.42. The van der Waals surface area contributed by atoms with Crippen LogP contribution in [0.1, 0.15) is 24.8 Å². The molecule has 0 amide bonds. The van der Waals surface area contributed by atoms with Crippen molar-refractivity contribution in [1.29, 1.82) is 0 Å². The van der Waals surface area contributed by atoms with E-state index in [2.05, 4.69) is 64.3 Å². The molecule has 1 aliphatic carbocycles. The van der Waals surface area contributed by atoms with Gasteiger partial charge in [0, 0.05) is 55.4 Å². The van der Waals surface area contributed by atoms with Crippen LogP contribution in [0.25, 0.3) is 16.9 Å². The molecule has 32 heavy (non-hydrogen) atoms. The second-order valence-corrected chi connectivity index (χ2v) is 9.06. The van der Waals surface area contributed by atoms with Gasteiger partial charge in [0.2, 0.25) is 0 Å². The third-order valence-corrected chi connectivity index (χ3v) is 6.73. The lowest BCUT2D eigenvalue weighted by molar-refractivity contribution is 0.415. The molecule has 0 spiro atoms. The van der Waals surface area contributed by atoms with Crippen LogP contribution in [0.15, 0.2) is 60.5 Å². The van der Waals surface area contributed by atoms with Crippen LogP contribution >= 0.6 is 11.6 Å². The van der Waals surface area contributed by atoms with Gasteiger partial charge in [0.05, 0.1) is 17.8 Å². The lowest BCUT2D eigenvalue weighted by atomic mass is 10.1. The zero-order valence-electron chi connectivity index (χ0n) is 18.6. The second kappa shape index (κ2) is 9.00. The average molecular weight is 449 g/mol. The van der Waals surface area contributed by atoms with Crippen molar-refractivity contribution in [3.8, 4) is 17.0 Å². The zero-order chi connectivity index (χ0) is 22.1. The monoisotopic (exact) mass is 448 g/mol. The molecule has 1 aliphatic heterocycles. The van der Waals surface area contributed by atoms with Gasteiger partial charge in [0.15, 0.2) is 0 Å². The fourth-order valence-corrected chi connectivity index (χ4v) is 4.85. The van der Waals surface area contributed by atoms with E-state index >= 15 is 0 Å². The highest BCUT2D eigenvalue weighted by Gasteiger charge is 2.23. The maximum Gasteiger partial charge on any atom is 0.139 e. The SMILES string of the molecule is COc1cc(C)c(-c2cn3ccc(N4CCC(NCC5=CCCC=C5)C4)cc3n2)cc1Cl. The summed E-state index contributed by atoms with van der Waals surface area (Å²) in [5.41, 5.74) is 6.61. The number of benzene rings is 1. The molecule has 1 unspecified atom stereocenters. The third-order valence-electron chi connectivity index (χ3n) is 6.44. The largest absolute Gasteiger partial charge is 0.495 e. The Kier molecular flexibility index (Phi) is 5.94. The maximum atomic E-state index is 6.37. The Morgan fingerprint density at radius 2 is 2.16 bits per heavy atom. The summed E-state index contributed by atoms with van der Waals surface area (Å²) in [7, 11) is 1.63. The fourth-order valence-electron chi connectivity index (χ4n) is 4.61. The van der Waals surface area contributed by atoms with E-state index in [9.17, 15) is 0 Å². The molecule has 1 aromatic carbocycles. The number of halogens is 1. The fraction of sp³-hybridized carbons (Fsp3) is 0.346. The number of aryl methyl sites for hydroxylation is 1. The van der Waals surface area contributed by atoms with Crippen molar-refractivity contribution in [1.82, 2.24) is 14.7 Å². The molecule has 166 valence electrons. The Balaban J connectivity index is 1.31. The van der Waals surface area contributed by atoms with Crippen molar-refractivity contribution in [2.24, 2.45) is 0 Å². The number of rotatable bonds is 6. The zero-order valence-corrected chi connectivity index (χ0v) is 19.4. The summed E-state index contributed by atoms with van der Waals surface area (Å²) in [6, 6.07) is 8.78. The minimum absolute atomic E-state index is 0.516. The molecule has 0 bridgehead atoms. The van der Waals surface area contributed by atoms with E-state index in [1.54, 1.807) is 7.11 Å². The Morgan fingerprint density at radius 1 is 1.25 bits per heavy atom. The number of fused-ring (bicyclic) bond motifs is 1. The quantitative estimate of drug-likeness (QED) is 0.547. The van der Waals surface area contributed by atoms with Gasteiger partial charge in [0.25, 0.3) is 0 Å².